The largest absolute Gasteiger partial charge is 0.481 e. The molecule has 1 amide bonds. The highest BCUT2D eigenvalue weighted by atomic mass is 16.5. The van der Waals surface area contributed by atoms with Crippen LogP contribution < -0.4 is 10.2 Å². The number of aromatic nitrogens is 2. The SMILES string of the molecule is C[C@H](Oc1ccc2ccccc2c1)C(=O)N/N=C\c1cnc2ccccc2n1. The molecule has 4 aromatic rings. The quantitative estimate of drug-likeness (QED) is 0.429. The topological polar surface area (TPSA) is 76.5 Å². The summed E-state index contributed by atoms with van der Waals surface area (Å²) in [5, 5.41) is 6.13. The Bertz CT molecular complexity index is 1170. The molecule has 3 aromatic carbocycles. The number of para-hydroxylation sites is 2. The van der Waals surface area contributed by atoms with E-state index in [9.17, 15) is 4.79 Å². The first kappa shape index (κ1) is 17.6. The fraction of sp³-hybridized carbons (Fsp3) is 0.0909. The second-order valence-corrected chi connectivity index (χ2v) is 6.29. The fourth-order valence-electron chi connectivity index (χ4n) is 2.78. The number of nitrogens with zero attached hydrogens (tertiary/aromatic N) is 3. The zero-order chi connectivity index (χ0) is 19.3. The lowest BCUT2D eigenvalue weighted by atomic mass is 10.1. The predicted molar refractivity (Wildman–Crippen MR) is 109 cm³/mol. The minimum atomic E-state index is -0.694. The maximum atomic E-state index is 12.2. The van der Waals surface area contributed by atoms with Gasteiger partial charge in [-0.1, -0.05) is 42.5 Å². The zero-order valence-corrected chi connectivity index (χ0v) is 15.2. The normalized spacial score (nSPS) is 12.3. The van der Waals surface area contributed by atoms with Crippen LogP contribution in [0.25, 0.3) is 21.8 Å². The molecule has 0 bridgehead atoms. The van der Waals surface area contributed by atoms with Gasteiger partial charge in [0.2, 0.25) is 0 Å². The number of ether oxygens (including phenoxy) is 1. The highest BCUT2D eigenvalue weighted by Crippen LogP contribution is 2.21. The van der Waals surface area contributed by atoms with Gasteiger partial charge in [-0.15, -0.1) is 0 Å². The third kappa shape index (κ3) is 3.96. The highest BCUT2D eigenvalue weighted by Gasteiger charge is 2.14. The van der Waals surface area contributed by atoms with Gasteiger partial charge in [-0.25, -0.2) is 10.4 Å². The van der Waals surface area contributed by atoms with Crippen LogP contribution in [0, 0.1) is 0 Å². The van der Waals surface area contributed by atoms with Gasteiger partial charge in [-0.3, -0.25) is 9.78 Å². The maximum Gasteiger partial charge on any atom is 0.280 e. The smallest absolute Gasteiger partial charge is 0.280 e. The van der Waals surface area contributed by atoms with Crippen LogP contribution in [0.4, 0.5) is 0 Å². The molecule has 0 aliphatic heterocycles. The number of hydrogen-bond donors (Lipinski definition) is 1. The summed E-state index contributed by atoms with van der Waals surface area (Å²) >= 11 is 0. The monoisotopic (exact) mass is 370 g/mol. The third-order valence-corrected chi connectivity index (χ3v) is 4.24. The number of benzene rings is 3. The van der Waals surface area contributed by atoms with Crippen molar-refractivity contribution in [2.45, 2.75) is 13.0 Å². The lowest BCUT2D eigenvalue weighted by Crippen LogP contribution is -2.33. The zero-order valence-electron chi connectivity index (χ0n) is 15.2. The second kappa shape index (κ2) is 7.84. The van der Waals surface area contributed by atoms with Gasteiger partial charge in [0.25, 0.3) is 5.91 Å². The minimum absolute atomic E-state index is 0.349. The number of carbonyl (C=O) groups excluding carboxylic acids is 1. The van der Waals surface area contributed by atoms with E-state index in [4.69, 9.17) is 4.74 Å². The van der Waals surface area contributed by atoms with Gasteiger partial charge in [0.1, 0.15) is 11.4 Å². The average Bonchev–Trinajstić information content (AvgIpc) is 2.73. The molecule has 0 spiro atoms. The molecule has 1 heterocycles. The maximum absolute atomic E-state index is 12.2. The highest BCUT2D eigenvalue weighted by molar-refractivity contribution is 5.86. The van der Waals surface area contributed by atoms with E-state index in [2.05, 4.69) is 20.5 Å². The molecule has 6 heteroatoms. The van der Waals surface area contributed by atoms with Crippen molar-refractivity contribution in [3.05, 3.63) is 78.6 Å². The summed E-state index contributed by atoms with van der Waals surface area (Å²) in [6.45, 7) is 1.68. The van der Waals surface area contributed by atoms with Crippen LogP contribution in [0.1, 0.15) is 12.6 Å². The number of rotatable bonds is 5. The van der Waals surface area contributed by atoms with Crippen LogP contribution in [-0.4, -0.2) is 28.2 Å². The van der Waals surface area contributed by atoms with Crippen molar-refractivity contribution in [2.75, 3.05) is 0 Å². The van der Waals surface area contributed by atoms with E-state index in [1.54, 1.807) is 13.1 Å². The molecule has 0 aliphatic carbocycles. The van der Waals surface area contributed by atoms with E-state index in [1.165, 1.54) is 6.21 Å². The Morgan fingerprint density at radius 3 is 2.64 bits per heavy atom. The Kier molecular flexibility index (Phi) is 4.93. The summed E-state index contributed by atoms with van der Waals surface area (Å²) in [5.74, 6) is 0.281. The molecule has 28 heavy (non-hydrogen) atoms. The number of fused-ring (bicyclic) bond motifs is 2. The lowest BCUT2D eigenvalue weighted by Gasteiger charge is -2.13. The van der Waals surface area contributed by atoms with Crippen LogP contribution in [0.5, 0.6) is 5.75 Å². The fourth-order valence-corrected chi connectivity index (χ4v) is 2.78. The Balaban J connectivity index is 1.38. The summed E-state index contributed by atoms with van der Waals surface area (Å²) in [6, 6.07) is 21.3. The molecule has 0 radical (unpaired) electrons. The van der Waals surface area contributed by atoms with Crippen molar-refractivity contribution in [1.29, 1.82) is 0 Å². The van der Waals surface area contributed by atoms with Crippen LogP contribution in [0.15, 0.2) is 78.0 Å². The summed E-state index contributed by atoms with van der Waals surface area (Å²) < 4.78 is 5.73. The first-order chi connectivity index (χ1) is 13.7. The molecule has 1 aromatic heterocycles. The van der Waals surface area contributed by atoms with Crippen molar-refractivity contribution in [2.24, 2.45) is 5.10 Å². The average molecular weight is 370 g/mol. The molecule has 0 saturated heterocycles. The van der Waals surface area contributed by atoms with Gasteiger partial charge in [0, 0.05) is 0 Å². The predicted octanol–water partition coefficient (Wildman–Crippen LogP) is 3.70. The van der Waals surface area contributed by atoms with Gasteiger partial charge in [0.05, 0.1) is 23.4 Å². The molecule has 138 valence electrons. The van der Waals surface area contributed by atoms with Gasteiger partial charge in [-0.2, -0.15) is 5.10 Å². The first-order valence-electron chi connectivity index (χ1n) is 8.89. The van der Waals surface area contributed by atoms with E-state index in [-0.39, 0.29) is 5.91 Å². The van der Waals surface area contributed by atoms with Gasteiger partial charge >= 0.3 is 0 Å². The third-order valence-electron chi connectivity index (χ3n) is 4.24. The van der Waals surface area contributed by atoms with E-state index in [0.29, 0.717) is 11.4 Å². The Morgan fingerprint density at radius 1 is 1.04 bits per heavy atom. The van der Waals surface area contributed by atoms with E-state index in [0.717, 1.165) is 21.8 Å². The number of nitrogens with one attached hydrogen (secondary N) is 1. The van der Waals surface area contributed by atoms with Crippen molar-refractivity contribution in [3.8, 4) is 5.75 Å². The van der Waals surface area contributed by atoms with E-state index >= 15 is 0 Å². The molecule has 6 nitrogen and oxygen atoms in total. The van der Waals surface area contributed by atoms with Gasteiger partial charge in [0.15, 0.2) is 6.10 Å². The molecular weight excluding hydrogens is 352 g/mol. The standard InChI is InChI=1S/C22H18N4O2/c1-15(28-19-11-10-16-6-2-3-7-17(16)12-19)22(27)26-24-14-18-13-23-20-8-4-5-9-21(20)25-18/h2-15H,1H3,(H,26,27)/b24-14-/t15-/m0/s1. The molecule has 0 fully saturated rings. The Hall–Kier alpha value is -3.80. The number of hydrogen-bond acceptors (Lipinski definition) is 5. The molecular formula is C22H18N4O2. The van der Waals surface area contributed by atoms with E-state index < -0.39 is 6.10 Å². The lowest BCUT2D eigenvalue weighted by molar-refractivity contribution is -0.127. The van der Waals surface area contributed by atoms with Crippen molar-refractivity contribution < 1.29 is 9.53 Å². The summed E-state index contributed by atoms with van der Waals surface area (Å²) in [7, 11) is 0. The molecule has 0 saturated carbocycles. The summed E-state index contributed by atoms with van der Waals surface area (Å²) in [6.07, 6.45) is 2.37. The Labute approximate surface area is 161 Å². The minimum Gasteiger partial charge on any atom is -0.481 e. The molecule has 0 aliphatic rings. The van der Waals surface area contributed by atoms with Crippen molar-refractivity contribution in [3.63, 3.8) is 0 Å². The van der Waals surface area contributed by atoms with Crippen molar-refractivity contribution in [1.82, 2.24) is 15.4 Å². The number of carbonyl (C=O) groups is 1. The number of amides is 1. The summed E-state index contributed by atoms with van der Waals surface area (Å²) in [4.78, 5) is 21.0. The molecule has 4 rings (SSSR count). The van der Waals surface area contributed by atoms with Crippen LogP contribution in [0.3, 0.4) is 0 Å². The van der Waals surface area contributed by atoms with Crippen LogP contribution in [-0.2, 0) is 4.79 Å². The molecule has 1 atom stereocenters. The second-order valence-electron chi connectivity index (χ2n) is 6.29. The molecule has 1 N–H and O–H groups in total. The van der Waals surface area contributed by atoms with Gasteiger partial charge < -0.3 is 4.74 Å². The number of hydrazone groups is 1. The summed E-state index contributed by atoms with van der Waals surface area (Å²) in [5.41, 5.74) is 4.61. The van der Waals surface area contributed by atoms with E-state index in [1.807, 2.05) is 66.7 Å². The van der Waals surface area contributed by atoms with Gasteiger partial charge in [-0.05, 0) is 42.0 Å². The molecule has 0 unspecified atom stereocenters. The van der Waals surface area contributed by atoms with Crippen molar-refractivity contribution >= 4 is 33.9 Å². The van der Waals surface area contributed by atoms with Crippen LogP contribution >= 0.6 is 0 Å². The first-order valence-corrected chi connectivity index (χ1v) is 8.89. The Morgan fingerprint density at radius 2 is 1.79 bits per heavy atom. The van der Waals surface area contributed by atoms with Crippen LogP contribution in [0.2, 0.25) is 0 Å².